The molecular formula is C40H70N6O6. The van der Waals surface area contributed by atoms with Gasteiger partial charge in [0.1, 0.15) is 6.04 Å². The van der Waals surface area contributed by atoms with E-state index in [1.807, 2.05) is 82.8 Å². The van der Waals surface area contributed by atoms with E-state index in [-0.39, 0.29) is 59.9 Å². The van der Waals surface area contributed by atoms with Crippen LogP contribution in [0.25, 0.3) is 0 Å². The zero-order valence-corrected chi connectivity index (χ0v) is 34.3. The van der Waals surface area contributed by atoms with Crippen molar-refractivity contribution >= 4 is 29.3 Å². The van der Waals surface area contributed by atoms with E-state index in [0.29, 0.717) is 25.2 Å². The predicted octanol–water partition coefficient (Wildman–Crippen LogP) is 3.92. The third kappa shape index (κ3) is 11.4. The third-order valence-electron chi connectivity index (χ3n) is 11.1. The Morgan fingerprint density at radius 2 is 1.58 bits per heavy atom. The first kappa shape index (κ1) is 44.9. The van der Waals surface area contributed by atoms with Gasteiger partial charge in [-0.05, 0) is 62.7 Å². The normalized spacial score (nSPS) is 18.8. The molecule has 8 atom stereocenters. The Balaban J connectivity index is 2.25. The zero-order valence-electron chi connectivity index (χ0n) is 34.3. The van der Waals surface area contributed by atoms with Gasteiger partial charge >= 0.3 is 0 Å². The van der Waals surface area contributed by atoms with E-state index in [9.17, 15) is 19.2 Å². The van der Waals surface area contributed by atoms with Gasteiger partial charge in [-0.3, -0.25) is 24.1 Å². The number of likely N-dealkylation sites (tertiary alicyclic amines) is 1. The number of hydrogen-bond donors (Lipinski definition) is 2. The summed E-state index contributed by atoms with van der Waals surface area (Å²) in [5.74, 6) is -1.14. The lowest BCUT2D eigenvalue weighted by Gasteiger charge is -2.41. The standard InChI is InChI=1S/C40H70N6O6/c1-14-27(6)36(45(11)40(50)34(25(2)3)42-38(48)35(26(4)5)43(8)9)32(51-12)24-33(47)46-22-17-20-31(46)37(52-13)28(7)39(49)44(10)23-21-29-18-15-16-19-30(29)41/h15-16,18-19,25-28,31-32,34-37H,14,17,20-24,41H2,1-13H3,(H,42,48)/t27-,28+,31-,32+,34-,35-,36-,37+/m0/s1. The molecule has 1 aromatic carbocycles. The Bertz CT molecular complexity index is 1300. The van der Waals surface area contributed by atoms with Crippen molar-refractivity contribution in [2.75, 3.05) is 61.2 Å². The summed E-state index contributed by atoms with van der Waals surface area (Å²) < 4.78 is 12.0. The molecule has 0 aliphatic carbocycles. The Morgan fingerprint density at radius 3 is 2.10 bits per heavy atom. The second-order valence-corrected chi connectivity index (χ2v) is 15.7. The van der Waals surface area contributed by atoms with E-state index in [1.54, 1.807) is 38.1 Å². The van der Waals surface area contributed by atoms with Gasteiger partial charge in [0.25, 0.3) is 0 Å². The fourth-order valence-corrected chi connectivity index (χ4v) is 7.91. The van der Waals surface area contributed by atoms with E-state index in [0.717, 1.165) is 24.8 Å². The van der Waals surface area contributed by atoms with E-state index in [4.69, 9.17) is 15.2 Å². The van der Waals surface area contributed by atoms with Gasteiger partial charge in [0.15, 0.2) is 0 Å². The van der Waals surface area contributed by atoms with Crippen molar-refractivity contribution in [2.24, 2.45) is 23.7 Å². The van der Waals surface area contributed by atoms with Crippen molar-refractivity contribution in [1.29, 1.82) is 0 Å². The molecule has 0 radical (unpaired) electrons. The number of rotatable bonds is 20. The van der Waals surface area contributed by atoms with Gasteiger partial charge in [0.05, 0.1) is 42.7 Å². The summed E-state index contributed by atoms with van der Waals surface area (Å²) in [6, 6.07) is 5.83. The number of hydrogen-bond acceptors (Lipinski definition) is 8. The van der Waals surface area contributed by atoms with Gasteiger partial charge in [-0.25, -0.2) is 0 Å². The Kier molecular flexibility index (Phi) is 18.0. The van der Waals surface area contributed by atoms with Gasteiger partial charge < -0.3 is 35.2 Å². The molecule has 1 fully saturated rings. The van der Waals surface area contributed by atoms with E-state index in [2.05, 4.69) is 19.2 Å². The molecule has 3 N–H and O–H groups in total. The van der Waals surface area contributed by atoms with E-state index >= 15 is 0 Å². The van der Waals surface area contributed by atoms with Crippen molar-refractivity contribution in [1.82, 2.24) is 24.9 Å². The summed E-state index contributed by atoms with van der Waals surface area (Å²) in [6.07, 6.45) is 1.88. The number of nitrogens with one attached hydrogen (secondary N) is 1. The van der Waals surface area contributed by atoms with Crippen LogP contribution in [0.15, 0.2) is 24.3 Å². The maximum absolute atomic E-state index is 14.2. The van der Waals surface area contributed by atoms with Crippen molar-refractivity contribution in [3.63, 3.8) is 0 Å². The molecule has 1 aliphatic rings. The van der Waals surface area contributed by atoms with Crippen LogP contribution < -0.4 is 11.1 Å². The highest BCUT2D eigenvalue weighted by Crippen LogP contribution is 2.30. The molecule has 1 heterocycles. The van der Waals surface area contributed by atoms with Gasteiger partial charge in [-0.1, -0.05) is 73.1 Å². The number of anilines is 1. The van der Waals surface area contributed by atoms with Gasteiger partial charge in [0, 0.05) is 47.1 Å². The molecule has 0 saturated carbocycles. The summed E-state index contributed by atoms with van der Waals surface area (Å²) >= 11 is 0. The number of benzene rings is 1. The van der Waals surface area contributed by atoms with E-state index < -0.39 is 30.2 Å². The van der Waals surface area contributed by atoms with Gasteiger partial charge in [-0.15, -0.1) is 0 Å². The number of nitrogen functional groups attached to an aromatic ring is 1. The molecule has 0 bridgehead atoms. The summed E-state index contributed by atoms with van der Waals surface area (Å²) in [4.78, 5) is 62.6. The summed E-state index contributed by atoms with van der Waals surface area (Å²) in [6.45, 7) is 14.9. The smallest absolute Gasteiger partial charge is 0.245 e. The number of amides is 4. The average molecular weight is 731 g/mol. The quantitative estimate of drug-likeness (QED) is 0.193. The van der Waals surface area contributed by atoms with Crippen LogP contribution >= 0.6 is 0 Å². The van der Waals surface area contributed by atoms with Crippen LogP contribution in [-0.2, 0) is 35.1 Å². The zero-order chi connectivity index (χ0) is 39.4. The minimum atomic E-state index is -0.744. The Hall–Kier alpha value is -3.22. The van der Waals surface area contributed by atoms with Gasteiger partial charge in [0.2, 0.25) is 23.6 Å². The maximum atomic E-state index is 14.2. The molecular weight excluding hydrogens is 660 g/mol. The molecule has 12 nitrogen and oxygen atoms in total. The monoisotopic (exact) mass is 731 g/mol. The molecule has 2 rings (SSSR count). The molecule has 12 heteroatoms. The number of ether oxygens (including phenoxy) is 2. The van der Waals surface area contributed by atoms with Crippen LogP contribution in [0.4, 0.5) is 5.69 Å². The third-order valence-corrected chi connectivity index (χ3v) is 11.1. The van der Waals surface area contributed by atoms with E-state index in [1.165, 1.54) is 0 Å². The molecule has 0 unspecified atom stereocenters. The summed E-state index contributed by atoms with van der Waals surface area (Å²) in [5, 5.41) is 3.05. The van der Waals surface area contributed by atoms with Crippen molar-refractivity contribution in [3.8, 4) is 0 Å². The first-order valence-corrected chi connectivity index (χ1v) is 19.1. The molecule has 296 valence electrons. The Morgan fingerprint density at radius 1 is 0.942 bits per heavy atom. The minimum Gasteiger partial charge on any atom is -0.399 e. The fraction of sp³-hybridized carbons (Fsp3) is 0.750. The summed E-state index contributed by atoms with van der Waals surface area (Å²) in [7, 11) is 10.4. The average Bonchev–Trinajstić information content (AvgIpc) is 3.58. The van der Waals surface area contributed by atoms with Crippen LogP contribution in [0.1, 0.15) is 79.7 Å². The first-order valence-electron chi connectivity index (χ1n) is 19.1. The first-order chi connectivity index (χ1) is 24.4. The van der Waals surface area contributed by atoms with Crippen LogP contribution in [0.2, 0.25) is 0 Å². The number of carbonyl (C=O) groups is 4. The van der Waals surface area contributed by atoms with Gasteiger partial charge in [-0.2, -0.15) is 0 Å². The molecule has 52 heavy (non-hydrogen) atoms. The second kappa shape index (κ2) is 20.9. The number of methoxy groups -OCH3 is 2. The van der Waals surface area contributed by atoms with Crippen molar-refractivity contribution < 1.29 is 28.7 Å². The number of carbonyl (C=O) groups excluding carboxylic acids is 4. The lowest BCUT2D eigenvalue weighted by molar-refractivity contribution is -0.149. The topological polar surface area (TPSA) is 138 Å². The maximum Gasteiger partial charge on any atom is 0.245 e. The van der Waals surface area contributed by atoms with Crippen LogP contribution in [0.3, 0.4) is 0 Å². The molecule has 4 amide bonds. The lowest BCUT2D eigenvalue weighted by Crippen LogP contribution is -2.59. The van der Waals surface area contributed by atoms with Crippen molar-refractivity contribution in [2.45, 2.75) is 117 Å². The van der Waals surface area contributed by atoms with Crippen LogP contribution in [0, 0.1) is 23.7 Å². The lowest BCUT2D eigenvalue weighted by atomic mass is 9.89. The molecule has 0 aromatic heterocycles. The number of para-hydroxylation sites is 1. The summed E-state index contributed by atoms with van der Waals surface area (Å²) in [5.41, 5.74) is 7.82. The SMILES string of the molecule is CC[C@H](C)[C@@H]([C@@H](CC(=O)N1CCC[C@H]1[C@H](OC)[C@@H](C)C(=O)N(C)CCc1ccccc1N)OC)N(C)C(=O)[C@@H](NC(=O)[C@H](C(C)C)N(C)C)C(C)C. The predicted molar refractivity (Wildman–Crippen MR) is 207 cm³/mol. The number of nitrogens with zero attached hydrogens (tertiary/aromatic N) is 4. The minimum absolute atomic E-state index is 0.000849. The van der Waals surface area contributed by atoms with Crippen molar-refractivity contribution in [3.05, 3.63) is 29.8 Å². The van der Waals surface area contributed by atoms with Crippen LogP contribution in [-0.4, -0.2) is 135 Å². The second-order valence-electron chi connectivity index (χ2n) is 15.7. The molecule has 1 saturated heterocycles. The molecule has 0 spiro atoms. The van der Waals surface area contributed by atoms with Crippen LogP contribution in [0.5, 0.6) is 0 Å². The number of nitrogens with two attached hydrogens (primary N) is 1. The highest BCUT2D eigenvalue weighted by molar-refractivity contribution is 5.90. The highest BCUT2D eigenvalue weighted by Gasteiger charge is 2.43. The molecule has 1 aromatic rings. The Labute approximate surface area is 314 Å². The molecule has 1 aliphatic heterocycles. The largest absolute Gasteiger partial charge is 0.399 e. The number of likely N-dealkylation sites (N-methyl/N-ethyl adjacent to an activating group) is 3. The highest BCUT2D eigenvalue weighted by atomic mass is 16.5. The fourth-order valence-electron chi connectivity index (χ4n) is 7.91.